The molecular formula is C22H24N4O3. The summed E-state index contributed by atoms with van der Waals surface area (Å²) in [6.07, 6.45) is 2.81. The van der Waals surface area contributed by atoms with E-state index in [1.54, 1.807) is 0 Å². The summed E-state index contributed by atoms with van der Waals surface area (Å²) in [5.41, 5.74) is 9.25. The molecule has 1 amide bonds. The molecule has 1 aliphatic heterocycles. The predicted molar refractivity (Wildman–Crippen MR) is 110 cm³/mol. The smallest absolute Gasteiger partial charge is 0.328 e. The number of hydrogen-bond acceptors (Lipinski definition) is 5. The number of nitrogens with one attached hydrogen (secondary N) is 4. The molecule has 2 aromatic carbocycles. The van der Waals surface area contributed by atoms with Gasteiger partial charge in [0.1, 0.15) is 12.1 Å². The Hall–Kier alpha value is -3.16. The second kappa shape index (κ2) is 8.46. The Morgan fingerprint density at radius 3 is 2.66 bits per heavy atom. The number of carbonyl (C=O) groups excluding carboxylic acids is 2. The van der Waals surface area contributed by atoms with Gasteiger partial charge < -0.3 is 15.0 Å². The molecule has 1 saturated heterocycles. The van der Waals surface area contributed by atoms with Gasteiger partial charge in [0.2, 0.25) is 5.91 Å². The van der Waals surface area contributed by atoms with Crippen LogP contribution in [0.25, 0.3) is 10.9 Å². The monoisotopic (exact) mass is 392 g/mol. The maximum Gasteiger partial charge on any atom is 0.328 e. The van der Waals surface area contributed by atoms with Gasteiger partial charge in [0.15, 0.2) is 0 Å². The van der Waals surface area contributed by atoms with Gasteiger partial charge in [-0.25, -0.2) is 15.6 Å². The number of aromatic amines is 1. The number of para-hydroxylation sites is 1. The van der Waals surface area contributed by atoms with Crippen LogP contribution in [0, 0.1) is 0 Å². The molecule has 1 aromatic heterocycles. The normalized spacial score (nSPS) is 19.8. The molecule has 3 unspecified atom stereocenters. The number of benzene rings is 2. The van der Waals surface area contributed by atoms with Crippen LogP contribution in [0.5, 0.6) is 0 Å². The van der Waals surface area contributed by atoms with E-state index in [0.29, 0.717) is 12.8 Å². The Bertz CT molecular complexity index is 1000. The highest BCUT2D eigenvalue weighted by atomic mass is 16.5. The van der Waals surface area contributed by atoms with E-state index in [9.17, 15) is 9.59 Å². The summed E-state index contributed by atoms with van der Waals surface area (Å²) in [6.45, 7) is 0. The van der Waals surface area contributed by atoms with Crippen LogP contribution in [-0.4, -0.2) is 36.1 Å². The van der Waals surface area contributed by atoms with Crippen molar-refractivity contribution < 1.29 is 14.3 Å². The van der Waals surface area contributed by atoms with Gasteiger partial charge in [-0.3, -0.25) is 4.79 Å². The molecule has 0 radical (unpaired) electrons. The van der Waals surface area contributed by atoms with Gasteiger partial charge in [-0.2, -0.15) is 0 Å². The molecule has 2 heterocycles. The molecule has 7 nitrogen and oxygen atoms in total. The van der Waals surface area contributed by atoms with E-state index in [0.717, 1.165) is 22.0 Å². The van der Waals surface area contributed by atoms with Crippen LogP contribution in [0.2, 0.25) is 0 Å². The zero-order valence-corrected chi connectivity index (χ0v) is 16.1. The summed E-state index contributed by atoms with van der Waals surface area (Å²) in [6, 6.07) is 16.7. The van der Waals surface area contributed by atoms with Crippen molar-refractivity contribution in [1.82, 2.24) is 21.2 Å². The van der Waals surface area contributed by atoms with Gasteiger partial charge >= 0.3 is 5.97 Å². The Morgan fingerprint density at radius 2 is 1.86 bits per heavy atom. The maximum absolute atomic E-state index is 12.8. The maximum atomic E-state index is 12.8. The van der Waals surface area contributed by atoms with Crippen molar-refractivity contribution in [2.75, 3.05) is 7.11 Å². The minimum Gasteiger partial charge on any atom is -0.467 e. The van der Waals surface area contributed by atoms with Crippen LogP contribution >= 0.6 is 0 Å². The third-order valence-electron chi connectivity index (χ3n) is 5.32. The minimum absolute atomic E-state index is 0.0390. The number of hydrogen-bond donors (Lipinski definition) is 4. The van der Waals surface area contributed by atoms with E-state index in [4.69, 9.17) is 4.74 Å². The standard InChI is InChI=1S/C22H24N4O3/c1-29-22(28)20(11-15-13-23-17-10-6-5-9-16(15)17)24-21(27)19-12-18(25-26-19)14-7-3-2-4-8-14/h2-10,13,18-20,23,25-26H,11-12H2,1H3,(H,24,27). The van der Waals surface area contributed by atoms with Crippen LogP contribution in [0.3, 0.4) is 0 Å². The van der Waals surface area contributed by atoms with E-state index in [-0.39, 0.29) is 11.9 Å². The highest BCUT2D eigenvalue weighted by Crippen LogP contribution is 2.23. The highest BCUT2D eigenvalue weighted by Gasteiger charge is 2.33. The highest BCUT2D eigenvalue weighted by molar-refractivity contribution is 5.89. The molecule has 29 heavy (non-hydrogen) atoms. The lowest BCUT2D eigenvalue weighted by molar-refractivity contribution is -0.145. The number of H-pyrrole nitrogens is 1. The molecule has 150 valence electrons. The fraction of sp³-hybridized carbons (Fsp3) is 0.273. The summed E-state index contributed by atoms with van der Waals surface area (Å²) in [7, 11) is 1.33. The van der Waals surface area contributed by atoms with Crippen LogP contribution < -0.4 is 16.2 Å². The molecule has 7 heteroatoms. The first kappa shape index (κ1) is 19.2. The van der Waals surface area contributed by atoms with Crippen molar-refractivity contribution in [1.29, 1.82) is 0 Å². The number of amides is 1. The third kappa shape index (κ3) is 4.16. The third-order valence-corrected chi connectivity index (χ3v) is 5.32. The zero-order chi connectivity index (χ0) is 20.2. The lowest BCUT2D eigenvalue weighted by Crippen LogP contribution is -2.50. The van der Waals surface area contributed by atoms with Gasteiger partial charge in [-0.05, 0) is 23.6 Å². The fourth-order valence-corrected chi connectivity index (χ4v) is 3.76. The van der Waals surface area contributed by atoms with Gasteiger partial charge in [-0.1, -0.05) is 48.5 Å². The summed E-state index contributed by atoms with van der Waals surface area (Å²) < 4.78 is 4.93. The molecule has 3 aromatic rings. The van der Waals surface area contributed by atoms with E-state index in [2.05, 4.69) is 21.2 Å². The molecule has 0 aliphatic carbocycles. The van der Waals surface area contributed by atoms with Crippen molar-refractivity contribution in [3.63, 3.8) is 0 Å². The van der Waals surface area contributed by atoms with Crippen molar-refractivity contribution in [3.05, 3.63) is 71.9 Å². The quantitative estimate of drug-likeness (QED) is 0.481. The number of aromatic nitrogens is 1. The number of methoxy groups -OCH3 is 1. The van der Waals surface area contributed by atoms with Gasteiger partial charge in [-0.15, -0.1) is 0 Å². The first-order chi connectivity index (χ1) is 14.2. The van der Waals surface area contributed by atoms with E-state index in [1.165, 1.54) is 7.11 Å². The Labute approximate surface area is 168 Å². The Morgan fingerprint density at radius 1 is 1.10 bits per heavy atom. The number of ether oxygens (including phenoxy) is 1. The zero-order valence-electron chi connectivity index (χ0n) is 16.1. The van der Waals surface area contributed by atoms with Crippen molar-refractivity contribution in [2.45, 2.75) is 31.0 Å². The van der Waals surface area contributed by atoms with Gasteiger partial charge in [0.25, 0.3) is 0 Å². The van der Waals surface area contributed by atoms with Crippen LogP contribution in [-0.2, 0) is 20.7 Å². The molecule has 4 N–H and O–H groups in total. The summed E-state index contributed by atoms with van der Waals surface area (Å²) in [4.78, 5) is 28.3. The van der Waals surface area contributed by atoms with Gasteiger partial charge in [0.05, 0.1) is 7.11 Å². The molecular weight excluding hydrogens is 368 g/mol. The van der Waals surface area contributed by atoms with E-state index < -0.39 is 18.1 Å². The number of carbonyl (C=O) groups is 2. The van der Waals surface area contributed by atoms with Crippen LogP contribution in [0.4, 0.5) is 0 Å². The fourth-order valence-electron chi connectivity index (χ4n) is 3.76. The van der Waals surface area contributed by atoms with Crippen LogP contribution in [0.1, 0.15) is 23.6 Å². The minimum atomic E-state index is -0.760. The molecule has 0 bridgehead atoms. The van der Waals surface area contributed by atoms with Crippen molar-refractivity contribution in [3.8, 4) is 0 Å². The van der Waals surface area contributed by atoms with Crippen LogP contribution in [0.15, 0.2) is 60.8 Å². The number of rotatable bonds is 6. The Balaban J connectivity index is 1.44. The second-order valence-corrected chi connectivity index (χ2v) is 7.19. The summed E-state index contributed by atoms with van der Waals surface area (Å²) in [5, 5.41) is 3.88. The number of esters is 1. The molecule has 0 spiro atoms. The molecule has 3 atom stereocenters. The second-order valence-electron chi connectivity index (χ2n) is 7.19. The number of hydrazine groups is 1. The largest absolute Gasteiger partial charge is 0.467 e. The summed E-state index contributed by atoms with van der Waals surface area (Å²) >= 11 is 0. The molecule has 1 fully saturated rings. The SMILES string of the molecule is COC(=O)C(Cc1c[nH]c2ccccc12)NC(=O)C1CC(c2ccccc2)NN1. The summed E-state index contributed by atoms with van der Waals surface area (Å²) in [5.74, 6) is -0.694. The van der Waals surface area contributed by atoms with Crippen molar-refractivity contribution in [2.24, 2.45) is 0 Å². The van der Waals surface area contributed by atoms with E-state index >= 15 is 0 Å². The topological polar surface area (TPSA) is 95.2 Å². The number of fused-ring (bicyclic) bond motifs is 1. The lowest BCUT2D eigenvalue weighted by Gasteiger charge is -2.18. The lowest BCUT2D eigenvalue weighted by atomic mass is 10.0. The average Bonchev–Trinajstić information content (AvgIpc) is 3.41. The molecule has 4 rings (SSSR count). The Kier molecular flexibility index (Phi) is 5.59. The average molecular weight is 392 g/mol. The van der Waals surface area contributed by atoms with E-state index in [1.807, 2.05) is 60.8 Å². The van der Waals surface area contributed by atoms with Crippen molar-refractivity contribution >= 4 is 22.8 Å². The first-order valence-corrected chi connectivity index (χ1v) is 9.65. The molecule has 1 aliphatic rings. The molecule has 0 saturated carbocycles. The van der Waals surface area contributed by atoms with Gasteiger partial charge in [0, 0.05) is 29.6 Å². The predicted octanol–water partition coefficient (Wildman–Crippen LogP) is 1.98. The first-order valence-electron chi connectivity index (χ1n) is 9.65.